The van der Waals surface area contributed by atoms with Crippen LogP contribution < -0.4 is 15.8 Å². The van der Waals surface area contributed by atoms with Crippen molar-refractivity contribution in [2.24, 2.45) is 7.05 Å². The zero-order valence-electron chi connectivity index (χ0n) is 19.5. The molecule has 0 aromatic carbocycles. The second-order valence-electron chi connectivity index (χ2n) is 8.16. The predicted molar refractivity (Wildman–Crippen MR) is 124 cm³/mol. The van der Waals surface area contributed by atoms with Crippen molar-refractivity contribution >= 4 is 17.7 Å². The Bertz CT molecular complexity index is 1050. The Morgan fingerprint density at radius 1 is 1.34 bits per heavy atom. The van der Waals surface area contributed by atoms with Crippen molar-refractivity contribution < 1.29 is 14.6 Å². The molecule has 1 fully saturated rings. The molecular formula is C22H32N6O4. The highest BCUT2D eigenvalue weighted by atomic mass is 16.5. The summed E-state index contributed by atoms with van der Waals surface area (Å²) in [5.41, 5.74) is 2.45. The minimum Gasteiger partial charge on any atom is -0.465 e. The van der Waals surface area contributed by atoms with E-state index in [4.69, 9.17) is 9.72 Å². The normalized spacial score (nSPS) is 18.1. The zero-order chi connectivity index (χ0) is 23.6. The van der Waals surface area contributed by atoms with E-state index in [1.807, 2.05) is 45.8 Å². The summed E-state index contributed by atoms with van der Waals surface area (Å²) in [6.45, 7) is 6.82. The largest absolute Gasteiger partial charge is 0.465 e. The predicted octanol–water partition coefficient (Wildman–Crippen LogP) is 1.96. The molecule has 1 saturated heterocycles. The number of ether oxygens (including phenoxy) is 1. The third-order valence-electron chi connectivity index (χ3n) is 5.75. The molecular weight excluding hydrogens is 412 g/mol. The van der Waals surface area contributed by atoms with Gasteiger partial charge in [0.2, 0.25) is 0 Å². The molecule has 0 bridgehead atoms. The number of aromatic nitrogens is 3. The van der Waals surface area contributed by atoms with Crippen LogP contribution in [0.25, 0.3) is 11.3 Å². The van der Waals surface area contributed by atoms with Gasteiger partial charge in [-0.3, -0.25) is 9.36 Å². The van der Waals surface area contributed by atoms with Crippen LogP contribution in [0, 0.1) is 6.92 Å². The van der Waals surface area contributed by atoms with E-state index in [1.165, 1.54) is 4.90 Å². The van der Waals surface area contributed by atoms with Crippen molar-refractivity contribution in [3.8, 4) is 11.3 Å². The molecule has 1 aliphatic rings. The van der Waals surface area contributed by atoms with Crippen LogP contribution in [-0.2, 0) is 18.2 Å². The highest BCUT2D eigenvalue weighted by molar-refractivity contribution is 5.67. The fourth-order valence-corrected chi connectivity index (χ4v) is 3.95. The lowest BCUT2D eigenvalue weighted by atomic mass is 10.1. The molecule has 2 atom stereocenters. The van der Waals surface area contributed by atoms with Gasteiger partial charge in [-0.05, 0) is 31.9 Å². The first-order valence-corrected chi connectivity index (χ1v) is 10.8. The summed E-state index contributed by atoms with van der Waals surface area (Å²) in [5, 5.41) is 12.7. The Morgan fingerprint density at radius 2 is 2.06 bits per heavy atom. The SMILES string of the molecule is CCO[C@H]1CN(C(=O)O)C[C@H]1Nc1c(CC)nc(-c2cnc(N(C)C)cc2C)c(=O)n1C. The molecule has 2 aromatic rings. The summed E-state index contributed by atoms with van der Waals surface area (Å²) in [4.78, 5) is 37.1. The number of hydrogen-bond acceptors (Lipinski definition) is 7. The Hall–Kier alpha value is -3.14. The second kappa shape index (κ2) is 9.56. The number of amides is 1. The molecule has 2 N–H and O–H groups in total. The number of nitrogens with zero attached hydrogens (tertiary/aromatic N) is 5. The van der Waals surface area contributed by atoms with Gasteiger partial charge < -0.3 is 25.0 Å². The third-order valence-corrected chi connectivity index (χ3v) is 5.75. The Labute approximate surface area is 187 Å². The number of pyridine rings is 1. The van der Waals surface area contributed by atoms with E-state index in [2.05, 4.69) is 10.3 Å². The van der Waals surface area contributed by atoms with Crippen LogP contribution in [0.1, 0.15) is 25.1 Å². The lowest BCUT2D eigenvalue weighted by Crippen LogP contribution is -2.37. The summed E-state index contributed by atoms with van der Waals surface area (Å²) in [5.74, 6) is 1.39. The summed E-state index contributed by atoms with van der Waals surface area (Å²) >= 11 is 0. The number of aryl methyl sites for hydroxylation is 2. The Morgan fingerprint density at radius 3 is 2.62 bits per heavy atom. The van der Waals surface area contributed by atoms with E-state index in [1.54, 1.807) is 17.8 Å². The minimum absolute atomic E-state index is 0.242. The molecule has 1 amide bonds. The first kappa shape index (κ1) is 23.5. The lowest BCUT2D eigenvalue weighted by molar-refractivity contribution is 0.0628. The van der Waals surface area contributed by atoms with Crippen LogP contribution in [-0.4, -0.2) is 76.6 Å². The van der Waals surface area contributed by atoms with Crippen LogP contribution in [0.2, 0.25) is 0 Å². The average Bonchev–Trinajstić information content (AvgIpc) is 3.15. The molecule has 10 heteroatoms. The van der Waals surface area contributed by atoms with Gasteiger partial charge in [0.25, 0.3) is 5.56 Å². The Kier molecular flexibility index (Phi) is 7.02. The topological polar surface area (TPSA) is 113 Å². The highest BCUT2D eigenvalue weighted by Gasteiger charge is 2.36. The quantitative estimate of drug-likeness (QED) is 0.666. The first-order chi connectivity index (χ1) is 15.2. The fraction of sp³-hybridized carbons (Fsp3) is 0.545. The number of hydrogen-bond donors (Lipinski definition) is 2. The van der Waals surface area contributed by atoms with Crippen molar-refractivity contribution in [2.75, 3.05) is 44.0 Å². The number of carboxylic acid groups (broad SMARTS) is 1. The molecule has 0 spiro atoms. The maximum atomic E-state index is 13.3. The molecule has 3 rings (SSSR count). The van der Waals surface area contributed by atoms with E-state index < -0.39 is 6.09 Å². The second-order valence-corrected chi connectivity index (χ2v) is 8.16. The molecule has 32 heavy (non-hydrogen) atoms. The van der Waals surface area contributed by atoms with Crippen LogP contribution in [0.15, 0.2) is 17.1 Å². The van der Waals surface area contributed by atoms with Gasteiger partial charge in [0.15, 0.2) is 0 Å². The fourth-order valence-electron chi connectivity index (χ4n) is 3.95. The number of carbonyl (C=O) groups is 1. The van der Waals surface area contributed by atoms with Crippen molar-refractivity contribution in [2.45, 2.75) is 39.3 Å². The molecule has 3 heterocycles. The van der Waals surface area contributed by atoms with E-state index in [-0.39, 0.29) is 30.8 Å². The summed E-state index contributed by atoms with van der Waals surface area (Å²) in [7, 11) is 5.53. The number of rotatable bonds is 7. The van der Waals surface area contributed by atoms with Crippen molar-refractivity contribution in [1.29, 1.82) is 0 Å². The smallest absolute Gasteiger partial charge is 0.407 e. The third kappa shape index (κ3) is 4.55. The highest BCUT2D eigenvalue weighted by Crippen LogP contribution is 2.25. The monoisotopic (exact) mass is 444 g/mol. The van der Waals surface area contributed by atoms with Gasteiger partial charge in [-0.1, -0.05) is 6.92 Å². The van der Waals surface area contributed by atoms with Gasteiger partial charge in [0, 0.05) is 46.1 Å². The molecule has 0 unspecified atom stereocenters. The van der Waals surface area contributed by atoms with Crippen molar-refractivity contribution in [1.82, 2.24) is 19.4 Å². The number of anilines is 2. The van der Waals surface area contributed by atoms with Crippen molar-refractivity contribution in [3.05, 3.63) is 33.9 Å². The maximum absolute atomic E-state index is 13.3. The van der Waals surface area contributed by atoms with Gasteiger partial charge in [-0.2, -0.15) is 0 Å². The van der Waals surface area contributed by atoms with Crippen LogP contribution in [0.4, 0.5) is 16.4 Å². The van der Waals surface area contributed by atoms with Gasteiger partial charge in [-0.25, -0.2) is 14.8 Å². The molecule has 174 valence electrons. The summed E-state index contributed by atoms with van der Waals surface area (Å²) < 4.78 is 7.31. The van der Waals surface area contributed by atoms with E-state index in [0.717, 1.165) is 17.1 Å². The van der Waals surface area contributed by atoms with Crippen LogP contribution >= 0.6 is 0 Å². The molecule has 1 aliphatic heterocycles. The number of likely N-dealkylation sites (tertiary alicyclic amines) is 1. The molecule has 0 radical (unpaired) electrons. The summed E-state index contributed by atoms with van der Waals surface area (Å²) in [6, 6.07) is 1.65. The maximum Gasteiger partial charge on any atom is 0.407 e. The van der Waals surface area contributed by atoms with Gasteiger partial charge >= 0.3 is 6.09 Å². The Balaban J connectivity index is 2.00. The van der Waals surface area contributed by atoms with Crippen LogP contribution in [0.5, 0.6) is 0 Å². The van der Waals surface area contributed by atoms with Gasteiger partial charge in [-0.15, -0.1) is 0 Å². The number of nitrogens with one attached hydrogen (secondary N) is 1. The molecule has 0 aliphatic carbocycles. The van der Waals surface area contributed by atoms with Crippen molar-refractivity contribution in [3.63, 3.8) is 0 Å². The molecule has 10 nitrogen and oxygen atoms in total. The average molecular weight is 445 g/mol. The first-order valence-electron chi connectivity index (χ1n) is 10.8. The van der Waals surface area contributed by atoms with Gasteiger partial charge in [0.1, 0.15) is 17.3 Å². The van der Waals surface area contributed by atoms with E-state index >= 15 is 0 Å². The van der Waals surface area contributed by atoms with Gasteiger partial charge in [0.05, 0.1) is 24.4 Å². The lowest BCUT2D eigenvalue weighted by Gasteiger charge is -2.24. The van der Waals surface area contributed by atoms with E-state index in [9.17, 15) is 14.7 Å². The standard InChI is InChI=1S/C22H32N6O4/c1-7-15-20(25-16-11-28(22(30)31)12-17(16)32-8-2)27(6)21(29)19(24-15)14-10-23-18(26(4)5)9-13(14)3/h9-10,16-17,25H,7-8,11-12H2,1-6H3,(H,30,31)/t16-,17+/m1/s1. The minimum atomic E-state index is -0.985. The molecule has 0 saturated carbocycles. The molecule has 2 aromatic heterocycles. The summed E-state index contributed by atoms with van der Waals surface area (Å²) in [6.07, 6.45) is 0.996. The van der Waals surface area contributed by atoms with Crippen LogP contribution in [0.3, 0.4) is 0 Å². The zero-order valence-corrected chi connectivity index (χ0v) is 19.5. The van der Waals surface area contributed by atoms with E-state index in [0.29, 0.717) is 30.1 Å².